The molecule has 10 heteroatoms. The van der Waals surface area contributed by atoms with Gasteiger partial charge in [-0.1, -0.05) is 65.5 Å². The van der Waals surface area contributed by atoms with E-state index in [1.165, 1.54) is 11.6 Å². The van der Waals surface area contributed by atoms with Crippen molar-refractivity contribution in [2.24, 2.45) is 5.92 Å². The summed E-state index contributed by atoms with van der Waals surface area (Å²) < 4.78 is 49.4. The monoisotopic (exact) mass is 1030 g/mol. The van der Waals surface area contributed by atoms with E-state index in [1.807, 2.05) is 77.4 Å². The van der Waals surface area contributed by atoms with Crippen LogP contribution in [0.2, 0.25) is 17.3 Å². The maximum atomic E-state index is 13.3. The zero-order chi connectivity index (χ0) is 40.6. The van der Waals surface area contributed by atoms with Crippen LogP contribution in [0.4, 0.5) is 13.2 Å². The van der Waals surface area contributed by atoms with Crippen molar-refractivity contribution in [1.29, 1.82) is 0 Å². The second-order valence-corrected chi connectivity index (χ2v) is 26.3. The van der Waals surface area contributed by atoms with E-state index < -0.39 is 25.1 Å². The fourth-order valence-electron chi connectivity index (χ4n) is 7.32. The van der Waals surface area contributed by atoms with Crippen LogP contribution in [0.1, 0.15) is 25.1 Å². The minimum absolute atomic E-state index is 0. The van der Waals surface area contributed by atoms with Crippen LogP contribution in [0.3, 0.4) is 0 Å². The smallest absolute Gasteiger partial charge is 0.433 e. The Morgan fingerprint density at radius 2 is 1.46 bits per heavy atom. The number of halogens is 3. The summed E-state index contributed by atoms with van der Waals surface area (Å²) in [4.78, 5) is 13.3. The Morgan fingerprint density at radius 1 is 0.746 bits per heavy atom. The van der Waals surface area contributed by atoms with Crippen molar-refractivity contribution in [3.8, 4) is 39.5 Å². The summed E-state index contributed by atoms with van der Waals surface area (Å²) in [6, 6.07) is 48.7. The number of benzene rings is 5. The maximum Gasteiger partial charge on any atom is 0.433 e. The molecule has 59 heavy (non-hydrogen) atoms. The number of para-hydroxylation sites is 2. The molecular formula is C49H41F3GeIrN4O-2. The van der Waals surface area contributed by atoms with Gasteiger partial charge in [-0.25, -0.2) is 4.98 Å². The number of rotatable bonds is 7. The van der Waals surface area contributed by atoms with E-state index >= 15 is 0 Å². The molecule has 0 bridgehead atoms. The molecule has 5 aromatic carbocycles. The molecule has 0 fully saturated rings. The fraction of sp³-hybridized carbons (Fsp3) is 0.163. The molecule has 0 aliphatic heterocycles. The molecule has 0 aliphatic rings. The second-order valence-electron chi connectivity index (χ2n) is 15.8. The molecule has 0 amide bonds. The summed E-state index contributed by atoms with van der Waals surface area (Å²) in [7, 11) is 0. The maximum absolute atomic E-state index is 13.3. The van der Waals surface area contributed by atoms with Gasteiger partial charge in [-0.2, -0.15) is 13.2 Å². The average Bonchev–Trinajstić information content (AvgIpc) is 3.79. The van der Waals surface area contributed by atoms with Gasteiger partial charge in [0.05, 0.1) is 22.4 Å². The minimum Gasteiger partial charge on any atom is -0.486 e. The van der Waals surface area contributed by atoms with Crippen molar-refractivity contribution in [2.45, 2.75) is 43.7 Å². The van der Waals surface area contributed by atoms with Gasteiger partial charge in [0.15, 0.2) is 0 Å². The zero-order valence-corrected chi connectivity index (χ0v) is 37.7. The number of hydrogen-bond donors (Lipinski definition) is 0. The predicted molar refractivity (Wildman–Crippen MR) is 231 cm³/mol. The van der Waals surface area contributed by atoms with Crippen molar-refractivity contribution in [3.05, 3.63) is 163 Å². The summed E-state index contributed by atoms with van der Waals surface area (Å²) in [5.41, 5.74) is 8.21. The molecule has 4 heterocycles. The molecule has 4 aromatic heterocycles. The number of alkyl halides is 3. The number of fused-ring (bicyclic) bond motifs is 4. The van der Waals surface area contributed by atoms with Gasteiger partial charge in [-0.15, -0.1) is 18.2 Å². The molecule has 5 nitrogen and oxygen atoms in total. The van der Waals surface area contributed by atoms with Gasteiger partial charge in [0.1, 0.15) is 5.69 Å². The third-order valence-corrected chi connectivity index (χ3v) is 14.4. The number of hydrogen-bond acceptors (Lipinski definition) is 4. The van der Waals surface area contributed by atoms with E-state index in [0.29, 0.717) is 33.7 Å². The van der Waals surface area contributed by atoms with Gasteiger partial charge in [0, 0.05) is 31.2 Å². The second kappa shape index (κ2) is 17.1. The van der Waals surface area contributed by atoms with Gasteiger partial charge in [-0.05, 0) is 47.5 Å². The third kappa shape index (κ3) is 8.84. The molecule has 9 rings (SSSR count). The molecule has 0 saturated heterocycles. The van der Waals surface area contributed by atoms with Crippen LogP contribution in [0.15, 0.2) is 144 Å². The molecule has 0 atom stereocenters. The van der Waals surface area contributed by atoms with Crippen molar-refractivity contribution < 1.29 is 37.7 Å². The molecule has 299 valence electrons. The molecule has 9 aromatic rings. The largest absolute Gasteiger partial charge is 0.486 e. The van der Waals surface area contributed by atoms with Gasteiger partial charge in [0.25, 0.3) is 0 Å². The Hall–Kier alpha value is -5.35. The van der Waals surface area contributed by atoms with E-state index in [9.17, 15) is 13.2 Å². The number of pyridine rings is 2. The SMILES string of the molecule is CC(C)Cc1cc(-c2[c-]cccc2)nc[c]1[Ge]([CH3])([CH3])[CH3].FC(F)(F)c1ccc2c(n1)oc1c(-c3nc4ccccc4n3-c3ccc(-c4ccccc4)cc3)[c-]ccc12.[Ir]. The van der Waals surface area contributed by atoms with Crippen LogP contribution in [-0.4, -0.2) is 32.8 Å². The Labute approximate surface area is 358 Å². The molecule has 0 spiro atoms. The Kier molecular flexibility index (Phi) is 12.1. The molecular weight excluding hydrogens is 982 g/mol. The Bertz CT molecular complexity index is 2870. The first-order chi connectivity index (χ1) is 27.8. The molecule has 1 radical (unpaired) electrons. The standard InChI is InChI=1S/C31H17F3N3O.C18H24GeN.Ir/c32-31(33,34)27-18-17-23-22-9-6-10-24(28(22)38-30(23)36-27)29-35-25-11-4-5-12-26(25)37(29)21-15-13-20(14-16-21)19-7-2-1-3-8-19;1-14(2)11-16-12-18(15-9-7-6-8-10-15)20-13-17(16)19(3,4)5;/h1-9,11-18H;6-9,12-14H,11H2,1-5H3;/q2*-1;. The van der Waals surface area contributed by atoms with Crippen LogP contribution >= 0.6 is 0 Å². The minimum atomic E-state index is -4.57. The van der Waals surface area contributed by atoms with Crippen molar-refractivity contribution in [3.63, 3.8) is 0 Å². The van der Waals surface area contributed by atoms with E-state index in [-0.39, 0.29) is 25.8 Å². The Morgan fingerprint density at radius 3 is 2.15 bits per heavy atom. The van der Waals surface area contributed by atoms with E-state index in [2.05, 4.69) is 90.8 Å². The first-order valence-electron chi connectivity index (χ1n) is 19.3. The first kappa shape index (κ1) is 41.8. The number of imidazole rings is 1. The summed E-state index contributed by atoms with van der Waals surface area (Å²) in [5.74, 6) is 8.56. The van der Waals surface area contributed by atoms with Crippen LogP contribution in [0, 0.1) is 18.1 Å². The molecule has 0 unspecified atom stereocenters. The van der Waals surface area contributed by atoms with E-state index in [1.54, 1.807) is 16.5 Å². The quantitative estimate of drug-likeness (QED) is 0.118. The van der Waals surface area contributed by atoms with Gasteiger partial charge in [0.2, 0.25) is 5.71 Å². The van der Waals surface area contributed by atoms with Gasteiger partial charge in [-0.3, -0.25) is 4.98 Å². The van der Waals surface area contributed by atoms with Crippen molar-refractivity contribution in [1.82, 2.24) is 19.5 Å². The third-order valence-electron chi connectivity index (χ3n) is 10.0. The van der Waals surface area contributed by atoms with Crippen LogP contribution in [0.5, 0.6) is 0 Å². The zero-order valence-electron chi connectivity index (χ0n) is 33.2. The van der Waals surface area contributed by atoms with Gasteiger partial charge < -0.3 is 8.98 Å². The van der Waals surface area contributed by atoms with E-state index in [4.69, 9.17) is 14.4 Å². The van der Waals surface area contributed by atoms with Crippen LogP contribution < -0.4 is 4.40 Å². The van der Waals surface area contributed by atoms with E-state index in [0.717, 1.165) is 51.6 Å². The Balaban J connectivity index is 0.000000214. The fourth-order valence-corrected chi connectivity index (χ4v) is 10.7. The van der Waals surface area contributed by atoms with Crippen molar-refractivity contribution >= 4 is 50.8 Å². The summed E-state index contributed by atoms with van der Waals surface area (Å²) in [6.07, 6.45) is -1.30. The number of aromatic nitrogens is 4. The summed E-state index contributed by atoms with van der Waals surface area (Å²) >= 11 is -1.86. The van der Waals surface area contributed by atoms with Gasteiger partial charge >= 0.3 is 132 Å². The molecule has 0 saturated carbocycles. The predicted octanol–water partition coefficient (Wildman–Crippen LogP) is 12.8. The molecule has 0 N–H and O–H groups in total. The van der Waals surface area contributed by atoms with Crippen molar-refractivity contribution in [2.75, 3.05) is 0 Å². The first-order valence-corrected chi connectivity index (χ1v) is 26.6. The average molecular weight is 1020 g/mol. The molecule has 0 aliphatic carbocycles. The van der Waals surface area contributed by atoms with Crippen LogP contribution in [-0.2, 0) is 32.7 Å². The van der Waals surface area contributed by atoms with Crippen LogP contribution in [0.25, 0.3) is 72.6 Å². The number of nitrogens with zero attached hydrogens (tertiary/aromatic N) is 4. The normalized spacial score (nSPS) is 11.8. The number of furan rings is 1. The topological polar surface area (TPSA) is 56.7 Å². The summed E-state index contributed by atoms with van der Waals surface area (Å²) in [6.45, 7) is 4.57. The summed E-state index contributed by atoms with van der Waals surface area (Å²) in [5, 5.41) is 1.14.